The number of alkyl halides is 2. The van der Waals surface area contributed by atoms with Crippen molar-refractivity contribution in [2.75, 3.05) is 0 Å². The van der Waals surface area contributed by atoms with Gasteiger partial charge in [-0.3, -0.25) is 0 Å². The molecule has 9 heavy (non-hydrogen) atoms. The van der Waals surface area contributed by atoms with E-state index in [1.54, 1.807) is 0 Å². The van der Waals surface area contributed by atoms with Gasteiger partial charge < -0.3 is 15.3 Å². The lowest BCUT2D eigenvalue weighted by atomic mass is 10.3. The van der Waals surface area contributed by atoms with Crippen molar-refractivity contribution in [1.29, 1.82) is 0 Å². The van der Waals surface area contributed by atoms with Gasteiger partial charge in [-0.15, -0.1) is 23.2 Å². The summed E-state index contributed by atoms with van der Waals surface area (Å²) in [6.45, 7) is 0. The maximum absolute atomic E-state index is 8.26. The minimum Gasteiger partial charge on any atom is -0.344 e. The molecule has 0 saturated heterocycles. The first-order valence-electron chi connectivity index (χ1n) is 2.37. The molecule has 0 fully saturated rings. The van der Waals surface area contributed by atoms with Gasteiger partial charge in [-0.1, -0.05) is 0 Å². The van der Waals surface area contributed by atoms with E-state index in [2.05, 4.69) is 0 Å². The van der Waals surface area contributed by atoms with E-state index in [0.717, 1.165) is 0 Å². The molecule has 3 N–H and O–H groups in total. The highest BCUT2D eigenvalue weighted by atomic mass is 35.5. The summed E-state index contributed by atoms with van der Waals surface area (Å²) in [5.74, 6) is -2.64. The standard InChI is InChI=1S/C4H8Cl2O3/c5-3(6)1-2-4(7,8)9/h3,7-9H,1-2H2. The molecule has 0 heterocycles. The maximum atomic E-state index is 8.26. The molecule has 0 aliphatic rings. The van der Waals surface area contributed by atoms with Crippen LogP contribution in [0.3, 0.4) is 0 Å². The molecular weight excluding hydrogens is 167 g/mol. The molecule has 3 nitrogen and oxygen atoms in total. The number of halogens is 2. The Hall–Kier alpha value is 0.460. The highest BCUT2D eigenvalue weighted by Crippen LogP contribution is 2.14. The van der Waals surface area contributed by atoms with E-state index in [9.17, 15) is 0 Å². The molecule has 0 rings (SSSR count). The molecule has 0 radical (unpaired) electrons. The van der Waals surface area contributed by atoms with Gasteiger partial charge in [0.15, 0.2) is 0 Å². The monoisotopic (exact) mass is 174 g/mol. The molecule has 0 saturated carbocycles. The number of hydrogen-bond donors (Lipinski definition) is 3. The molecule has 5 heteroatoms. The highest BCUT2D eigenvalue weighted by molar-refractivity contribution is 6.44. The van der Waals surface area contributed by atoms with Crippen molar-refractivity contribution < 1.29 is 15.3 Å². The van der Waals surface area contributed by atoms with Crippen LogP contribution in [0.1, 0.15) is 12.8 Å². The van der Waals surface area contributed by atoms with Gasteiger partial charge in [0.05, 0.1) is 0 Å². The van der Waals surface area contributed by atoms with Gasteiger partial charge in [0.25, 0.3) is 5.97 Å². The largest absolute Gasteiger partial charge is 0.344 e. The Morgan fingerprint density at radius 2 is 1.67 bits per heavy atom. The predicted octanol–water partition coefficient (Wildman–Crippen LogP) is 0.201. The zero-order valence-electron chi connectivity index (χ0n) is 4.59. The summed E-state index contributed by atoms with van der Waals surface area (Å²) < 4.78 is 0. The Morgan fingerprint density at radius 1 is 1.22 bits per heavy atom. The minimum atomic E-state index is -2.64. The van der Waals surface area contributed by atoms with Gasteiger partial charge in [-0.05, 0) is 6.42 Å². The maximum Gasteiger partial charge on any atom is 0.275 e. The summed E-state index contributed by atoms with van der Waals surface area (Å²) in [5, 5.41) is 24.8. The summed E-state index contributed by atoms with van der Waals surface area (Å²) in [5.41, 5.74) is 0. The molecule has 0 spiro atoms. The molecule has 0 aromatic carbocycles. The average Bonchev–Trinajstić information content (AvgIpc) is 1.59. The van der Waals surface area contributed by atoms with Crippen LogP contribution in [0, 0.1) is 0 Å². The van der Waals surface area contributed by atoms with Crippen molar-refractivity contribution in [3.05, 3.63) is 0 Å². The fourth-order valence-electron chi connectivity index (χ4n) is 0.303. The van der Waals surface area contributed by atoms with Crippen LogP contribution in [0.4, 0.5) is 0 Å². The lowest BCUT2D eigenvalue weighted by Crippen LogP contribution is -2.27. The number of aliphatic hydroxyl groups is 3. The van der Waals surface area contributed by atoms with Gasteiger partial charge in [-0.2, -0.15) is 0 Å². The van der Waals surface area contributed by atoms with Gasteiger partial charge in [0, 0.05) is 6.42 Å². The minimum absolute atomic E-state index is 0.145. The predicted molar refractivity (Wildman–Crippen MR) is 34.1 cm³/mol. The van der Waals surface area contributed by atoms with Crippen molar-refractivity contribution in [2.24, 2.45) is 0 Å². The quantitative estimate of drug-likeness (QED) is 0.424. The lowest BCUT2D eigenvalue weighted by Gasteiger charge is -2.12. The van der Waals surface area contributed by atoms with Crippen LogP contribution in [0.15, 0.2) is 0 Å². The Bertz CT molecular complexity index is 78.4. The van der Waals surface area contributed by atoms with Crippen molar-refractivity contribution in [3.63, 3.8) is 0 Å². The van der Waals surface area contributed by atoms with Gasteiger partial charge in [-0.25, -0.2) is 0 Å². The summed E-state index contributed by atoms with van der Waals surface area (Å²) in [7, 11) is 0. The van der Waals surface area contributed by atoms with Crippen LogP contribution in [0.25, 0.3) is 0 Å². The first-order chi connectivity index (χ1) is 3.92. The summed E-state index contributed by atoms with van der Waals surface area (Å²) in [6, 6.07) is 0. The molecular formula is C4H8Cl2O3. The van der Waals surface area contributed by atoms with E-state index in [1.165, 1.54) is 0 Å². The molecule has 0 bridgehead atoms. The van der Waals surface area contributed by atoms with Crippen molar-refractivity contribution in [2.45, 2.75) is 23.7 Å². The number of rotatable bonds is 3. The number of hydrogen-bond acceptors (Lipinski definition) is 3. The Balaban J connectivity index is 3.28. The van der Waals surface area contributed by atoms with Gasteiger partial charge >= 0.3 is 0 Å². The molecule has 0 aromatic rings. The Morgan fingerprint density at radius 3 is 1.78 bits per heavy atom. The van der Waals surface area contributed by atoms with E-state index >= 15 is 0 Å². The van der Waals surface area contributed by atoms with Crippen LogP contribution in [-0.4, -0.2) is 26.1 Å². The van der Waals surface area contributed by atoms with Crippen LogP contribution < -0.4 is 0 Å². The zero-order chi connectivity index (χ0) is 7.49. The van der Waals surface area contributed by atoms with Crippen LogP contribution in [0.5, 0.6) is 0 Å². The second-order valence-corrected chi connectivity index (χ2v) is 2.98. The van der Waals surface area contributed by atoms with E-state index in [-0.39, 0.29) is 12.8 Å². The fraction of sp³-hybridized carbons (Fsp3) is 1.00. The van der Waals surface area contributed by atoms with E-state index < -0.39 is 10.8 Å². The molecule has 0 unspecified atom stereocenters. The van der Waals surface area contributed by atoms with Crippen molar-refractivity contribution >= 4 is 23.2 Å². The summed E-state index contributed by atoms with van der Waals surface area (Å²) in [6.07, 6.45) is -0.0999. The second kappa shape index (κ2) is 3.58. The summed E-state index contributed by atoms with van der Waals surface area (Å²) in [4.78, 5) is -0.671. The molecule has 56 valence electrons. The van der Waals surface area contributed by atoms with Crippen LogP contribution in [-0.2, 0) is 0 Å². The first-order valence-corrected chi connectivity index (χ1v) is 3.24. The third-order valence-corrected chi connectivity index (χ3v) is 1.13. The smallest absolute Gasteiger partial charge is 0.275 e. The second-order valence-electron chi connectivity index (χ2n) is 1.70. The normalized spacial score (nSPS) is 12.7. The first kappa shape index (κ1) is 9.46. The zero-order valence-corrected chi connectivity index (χ0v) is 6.10. The van der Waals surface area contributed by atoms with E-state index in [1.807, 2.05) is 0 Å². The summed E-state index contributed by atoms with van der Waals surface area (Å²) >= 11 is 10.4. The van der Waals surface area contributed by atoms with Crippen LogP contribution in [0.2, 0.25) is 0 Å². The molecule has 0 aliphatic carbocycles. The van der Waals surface area contributed by atoms with Crippen molar-refractivity contribution in [3.8, 4) is 0 Å². The van der Waals surface area contributed by atoms with Crippen molar-refractivity contribution in [1.82, 2.24) is 0 Å². The van der Waals surface area contributed by atoms with Gasteiger partial charge in [0.2, 0.25) is 0 Å². The van der Waals surface area contributed by atoms with Gasteiger partial charge in [0.1, 0.15) is 4.84 Å². The fourth-order valence-corrected chi connectivity index (χ4v) is 0.521. The third kappa shape index (κ3) is 8.46. The molecule has 0 atom stereocenters. The Kier molecular flexibility index (Phi) is 3.77. The van der Waals surface area contributed by atoms with E-state index in [0.29, 0.717) is 0 Å². The topological polar surface area (TPSA) is 60.7 Å². The van der Waals surface area contributed by atoms with E-state index in [4.69, 9.17) is 38.5 Å². The van der Waals surface area contributed by atoms with Crippen LogP contribution >= 0.6 is 23.2 Å². The third-order valence-electron chi connectivity index (χ3n) is 0.698. The molecule has 0 aromatic heterocycles. The Labute approximate surface area is 62.8 Å². The highest BCUT2D eigenvalue weighted by Gasteiger charge is 2.18. The molecule has 0 aliphatic heterocycles. The lowest BCUT2D eigenvalue weighted by molar-refractivity contribution is -0.314. The SMILES string of the molecule is OC(O)(O)CCC(Cl)Cl. The molecule has 0 amide bonds. The average molecular weight is 175 g/mol.